The van der Waals surface area contributed by atoms with Crippen LogP contribution in [0.2, 0.25) is 0 Å². The first-order valence-corrected chi connectivity index (χ1v) is 14.6. The lowest BCUT2D eigenvalue weighted by Gasteiger charge is -2.35. The van der Waals surface area contributed by atoms with E-state index in [0.29, 0.717) is 37.4 Å². The number of aliphatic hydroxyl groups is 1. The average Bonchev–Trinajstić information content (AvgIpc) is 3.23. The van der Waals surface area contributed by atoms with Gasteiger partial charge in [-0.15, -0.1) is 0 Å². The van der Waals surface area contributed by atoms with Gasteiger partial charge in [0.1, 0.15) is 23.0 Å². The number of aliphatic hydroxyl groups excluding tert-OH is 1. The van der Waals surface area contributed by atoms with Crippen molar-refractivity contribution >= 4 is 22.8 Å². The molecule has 1 amide bonds. The van der Waals surface area contributed by atoms with Crippen molar-refractivity contribution in [2.24, 2.45) is 23.2 Å². The molecule has 6 atom stereocenters. The van der Waals surface area contributed by atoms with Crippen LogP contribution in [0, 0.1) is 34.8 Å². The number of aromatic nitrogens is 2. The number of rotatable bonds is 5. The number of pyridine rings is 2. The van der Waals surface area contributed by atoms with Crippen LogP contribution in [-0.4, -0.2) is 58.5 Å². The molecule has 2 N–H and O–H groups in total. The summed E-state index contributed by atoms with van der Waals surface area (Å²) in [6.07, 6.45) is 8.11. The summed E-state index contributed by atoms with van der Waals surface area (Å²) < 4.78 is 35.9. The maximum Gasteiger partial charge on any atom is 0.257 e. The molecule has 2 bridgehead atoms. The van der Waals surface area contributed by atoms with Crippen molar-refractivity contribution in [1.82, 2.24) is 14.9 Å². The highest BCUT2D eigenvalue weighted by molar-refractivity contribution is 5.98. The molecule has 5 unspecified atom stereocenters. The molecule has 41 heavy (non-hydrogen) atoms. The lowest BCUT2D eigenvalue weighted by atomic mass is 9.77. The number of hydrogen-bond donors (Lipinski definition) is 2. The summed E-state index contributed by atoms with van der Waals surface area (Å²) in [7, 11) is 0. The molecule has 1 aliphatic heterocycles. The number of carbonyl (C=O) groups is 1. The Bertz CT molecular complexity index is 1660. The Hall–Kier alpha value is -3.37. The van der Waals surface area contributed by atoms with E-state index in [-0.39, 0.29) is 45.9 Å². The Balaban J connectivity index is 1.23. The van der Waals surface area contributed by atoms with E-state index in [2.05, 4.69) is 5.32 Å². The number of carbonyl (C=O) groups excluding carboxylic acids is 1. The standard InChI is InChI=1S/C31H32F2N4O4/c32-19-1-3-25(24(33)11-19)37-13-22(29(40)35-31-12-17-9-18-5-6-30(31,16-31)23(18)10-17)27(39)21-2-4-26(34-28(21)37)36-7-8-41-15-20(36)14-38/h1-4,11,13,17-18,20,23,38H,5-10,12,14-16H2,(H,35,40)/t17?,18?,20-,23?,30?,31?/m1/s1. The number of ether oxygens (including phenoxy) is 1. The van der Waals surface area contributed by atoms with Crippen LogP contribution in [0.3, 0.4) is 0 Å². The molecule has 8 nitrogen and oxygen atoms in total. The van der Waals surface area contributed by atoms with Crippen LogP contribution in [0.15, 0.2) is 41.3 Å². The molecule has 1 aromatic carbocycles. The van der Waals surface area contributed by atoms with E-state index in [4.69, 9.17) is 9.72 Å². The van der Waals surface area contributed by atoms with Crippen LogP contribution in [0.4, 0.5) is 14.6 Å². The topological polar surface area (TPSA) is 96.7 Å². The van der Waals surface area contributed by atoms with Gasteiger partial charge in [-0.25, -0.2) is 13.8 Å². The van der Waals surface area contributed by atoms with E-state index < -0.39 is 23.0 Å². The number of benzene rings is 1. The number of halogens is 2. The van der Waals surface area contributed by atoms with Crippen LogP contribution in [0.5, 0.6) is 0 Å². The Morgan fingerprint density at radius 3 is 2.93 bits per heavy atom. The Morgan fingerprint density at radius 2 is 2.10 bits per heavy atom. The van der Waals surface area contributed by atoms with Gasteiger partial charge in [-0.05, 0) is 86.0 Å². The van der Waals surface area contributed by atoms with Gasteiger partial charge in [-0.1, -0.05) is 0 Å². The van der Waals surface area contributed by atoms with Crippen LogP contribution in [0.1, 0.15) is 48.9 Å². The number of nitrogens with zero attached hydrogens (tertiary/aromatic N) is 3. The summed E-state index contributed by atoms with van der Waals surface area (Å²) in [5, 5.41) is 13.3. The zero-order chi connectivity index (χ0) is 28.1. The van der Waals surface area contributed by atoms with Crippen molar-refractivity contribution in [3.63, 3.8) is 0 Å². The second-order valence-electron chi connectivity index (χ2n) is 12.8. The molecule has 3 heterocycles. The zero-order valence-corrected chi connectivity index (χ0v) is 22.6. The monoisotopic (exact) mass is 562 g/mol. The Kier molecular flexibility index (Phi) is 5.45. The average molecular weight is 563 g/mol. The molecular weight excluding hydrogens is 530 g/mol. The van der Waals surface area contributed by atoms with Crippen molar-refractivity contribution in [3.05, 3.63) is 63.9 Å². The maximum absolute atomic E-state index is 15.2. The molecule has 8 rings (SSSR count). The third kappa shape index (κ3) is 3.59. The Labute approximate surface area is 235 Å². The van der Waals surface area contributed by atoms with Crippen molar-refractivity contribution in [2.45, 2.75) is 50.1 Å². The van der Waals surface area contributed by atoms with Gasteiger partial charge in [0.2, 0.25) is 5.43 Å². The van der Waals surface area contributed by atoms with Gasteiger partial charge in [-0.2, -0.15) is 0 Å². The Morgan fingerprint density at radius 1 is 1.22 bits per heavy atom. The van der Waals surface area contributed by atoms with E-state index in [1.807, 2.05) is 4.90 Å². The molecule has 2 aromatic heterocycles. The molecule has 5 aliphatic rings. The molecule has 1 saturated heterocycles. The second kappa shape index (κ2) is 8.82. The number of amides is 1. The first-order valence-electron chi connectivity index (χ1n) is 14.6. The maximum atomic E-state index is 15.2. The van der Waals surface area contributed by atoms with Gasteiger partial charge in [0.15, 0.2) is 5.65 Å². The molecule has 10 heteroatoms. The van der Waals surface area contributed by atoms with E-state index in [9.17, 15) is 19.1 Å². The second-order valence-corrected chi connectivity index (χ2v) is 12.8. The van der Waals surface area contributed by atoms with Crippen LogP contribution < -0.4 is 15.6 Å². The summed E-state index contributed by atoms with van der Waals surface area (Å²) in [4.78, 5) is 34.3. The predicted molar refractivity (Wildman–Crippen MR) is 147 cm³/mol. The molecule has 3 aromatic rings. The minimum Gasteiger partial charge on any atom is -0.394 e. The lowest BCUT2D eigenvalue weighted by Crippen LogP contribution is -2.48. The van der Waals surface area contributed by atoms with E-state index in [1.165, 1.54) is 36.1 Å². The highest BCUT2D eigenvalue weighted by Gasteiger charge is 2.78. The fourth-order valence-corrected chi connectivity index (χ4v) is 9.09. The van der Waals surface area contributed by atoms with E-state index in [1.54, 1.807) is 12.1 Å². The van der Waals surface area contributed by atoms with Crippen molar-refractivity contribution < 1.29 is 23.4 Å². The molecule has 0 radical (unpaired) electrons. The first-order chi connectivity index (χ1) is 19.8. The largest absolute Gasteiger partial charge is 0.394 e. The summed E-state index contributed by atoms with van der Waals surface area (Å²) in [5.74, 6) is 0.503. The van der Waals surface area contributed by atoms with Gasteiger partial charge >= 0.3 is 0 Å². The van der Waals surface area contributed by atoms with Gasteiger partial charge in [0.25, 0.3) is 5.91 Å². The van der Waals surface area contributed by atoms with Gasteiger partial charge in [0, 0.05) is 24.3 Å². The van der Waals surface area contributed by atoms with Gasteiger partial charge in [-0.3, -0.25) is 14.2 Å². The third-order valence-electron chi connectivity index (χ3n) is 10.9. The summed E-state index contributed by atoms with van der Waals surface area (Å²) >= 11 is 0. The van der Waals surface area contributed by atoms with Crippen LogP contribution in [-0.2, 0) is 4.74 Å². The minimum atomic E-state index is -0.839. The van der Waals surface area contributed by atoms with Crippen molar-refractivity contribution in [2.75, 3.05) is 31.3 Å². The number of hydrogen-bond acceptors (Lipinski definition) is 6. The molecule has 4 saturated carbocycles. The fourth-order valence-electron chi connectivity index (χ4n) is 9.09. The van der Waals surface area contributed by atoms with E-state index >= 15 is 4.39 Å². The quantitative estimate of drug-likeness (QED) is 0.494. The third-order valence-corrected chi connectivity index (χ3v) is 10.9. The summed E-state index contributed by atoms with van der Waals surface area (Å²) in [5.41, 5.74) is -0.561. The zero-order valence-electron chi connectivity index (χ0n) is 22.6. The van der Waals surface area contributed by atoms with E-state index in [0.717, 1.165) is 37.3 Å². The molecule has 214 valence electrons. The van der Waals surface area contributed by atoms with Gasteiger partial charge in [0.05, 0.1) is 36.9 Å². The summed E-state index contributed by atoms with van der Waals surface area (Å²) in [6.45, 7) is 1.09. The highest BCUT2D eigenvalue weighted by atomic mass is 19.1. The van der Waals surface area contributed by atoms with Crippen LogP contribution >= 0.6 is 0 Å². The molecule has 4 aliphatic carbocycles. The lowest BCUT2D eigenvalue weighted by molar-refractivity contribution is 0.0723. The normalized spacial score (nSPS) is 33.2. The number of anilines is 1. The summed E-state index contributed by atoms with van der Waals surface area (Å²) in [6, 6.07) is 6.13. The molecule has 5 fully saturated rings. The smallest absolute Gasteiger partial charge is 0.257 e. The molecular formula is C31H32F2N4O4. The van der Waals surface area contributed by atoms with Crippen molar-refractivity contribution in [3.8, 4) is 5.69 Å². The number of fused-ring (bicyclic) bond motifs is 2. The number of morpholine rings is 1. The van der Waals surface area contributed by atoms with Crippen molar-refractivity contribution in [1.29, 1.82) is 0 Å². The first kappa shape index (κ1) is 25.3. The minimum absolute atomic E-state index is 0.0220. The highest BCUT2D eigenvalue weighted by Crippen LogP contribution is 2.79. The SMILES string of the molecule is O=C(NC12CC3CC4CCC1(C2)C4C3)c1cn(-c2ccc(F)cc2F)c2nc(N3CCOC[C@H]3CO)ccc2c1=O. The molecule has 1 spiro atoms. The number of nitrogens with one attached hydrogen (secondary N) is 1. The fraction of sp³-hybridized carbons (Fsp3) is 0.516. The van der Waals surface area contributed by atoms with Gasteiger partial charge < -0.3 is 20.1 Å². The predicted octanol–water partition coefficient (Wildman–Crippen LogP) is 3.56. The van der Waals surface area contributed by atoms with Crippen LogP contribution in [0.25, 0.3) is 16.7 Å².